The number of esters is 1. The Kier molecular flexibility index (Phi) is 12.3. The molecule has 1 unspecified atom stereocenters. The number of carbonyl (C=O) groups excluding carboxylic acids is 3. The minimum atomic E-state index is -3.20. The van der Waals surface area contributed by atoms with E-state index in [-0.39, 0.29) is 18.9 Å². The number of rotatable bonds is 13. The van der Waals surface area contributed by atoms with Crippen LogP contribution in [0.4, 0.5) is 4.79 Å². The van der Waals surface area contributed by atoms with E-state index >= 15 is 0 Å². The van der Waals surface area contributed by atoms with E-state index in [1.54, 1.807) is 17.0 Å². The van der Waals surface area contributed by atoms with Gasteiger partial charge >= 0.3 is 12.1 Å². The predicted octanol–water partition coefficient (Wildman–Crippen LogP) is 2.70. The summed E-state index contributed by atoms with van der Waals surface area (Å²) in [7, 11) is -3.20. The first kappa shape index (κ1) is 30.6. The monoisotopic (exact) mass is 539 g/mol. The second kappa shape index (κ2) is 14.9. The van der Waals surface area contributed by atoms with E-state index in [4.69, 9.17) is 4.74 Å². The highest BCUT2D eigenvalue weighted by Gasteiger charge is 2.24. The smallest absolute Gasteiger partial charge is 0.412 e. The summed E-state index contributed by atoms with van der Waals surface area (Å²) in [5, 5.41) is 0. The molecule has 2 amide bonds. The molecule has 10 nitrogen and oxygen atoms in total. The van der Waals surface area contributed by atoms with Gasteiger partial charge in [0.25, 0.3) is 0 Å². The Balaban J connectivity index is 1.79. The molecule has 1 atom stereocenters. The zero-order valence-corrected chi connectivity index (χ0v) is 23.3. The zero-order chi connectivity index (χ0) is 27.4. The standard InChI is InChI=1S/C26H41N3O7S/c1-5-13-27(21(2)19-23-8-10-24(11-9-23)37(4,33)34)14-6-7-15-28-17-18-29(16-12-25(28)31)26(32)36-20-35-22(3)30/h8-11,21H,5-7,12-20H2,1-4H3. The minimum absolute atomic E-state index is 0.0200. The molecular weight excluding hydrogens is 498 g/mol. The Morgan fingerprint density at radius 3 is 2.38 bits per heavy atom. The van der Waals surface area contributed by atoms with Crippen LogP contribution in [0, 0.1) is 0 Å². The fourth-order valence-electron chi connectivity index (χ4n) is 4.34. The molecule has 37 heavy (non-hydrogen) atoms. The first-order chi connectivity index (χ1) is 17.5. The number of unbranched alkanes of at least 4 members (excludes halogenated alkanes) is 1. The Bertz CT molecular complexity index is 998. The molecule has 2 rings (SSSR count). The van der Waals surface area contributed by atoms with Gasteiger partial charge in [-0.3, -0.25) is 9.59 Å². The topological polar surface area (TPSA) is 114 Å². The maximum absolute atomic E-state index is 12.5. The number of ether oxygens (including phenoxy) is 2. The molecule has 0 bridgehead atoms. The van der Waals surface area contributed by atoms with Crippen LogP contribution in [-0.4, -0.2) is 99.4 Å². The van der Waals surface area contributed by atoms with E-state index in [1.165, 1.54) is 18.1 Å². The summed E-state index contributed by atoms with van der Waals surface area (Å²) in [6, 6.07) is 7.41. The molecule has 1 fully saturated rings. The van der Waals surface area contributed by atoms with Crippen LogP contribution in [0.2, 0.25) is 0 Å². The first-order valence-corrected chi connectivity index (χ1v) is 14.8. The van der Waals surface area contributed by atoms with Crippen molar-refractivity contribution in [3.05, 3.63) is 29.8 Å². The summed E-state index contributed by atoms with van der Waals surface area (Å²) in [6.07, 6.45) is 4.52. The average molecular weight is 540 g/mol. The normalized spacial score (nSPS) is 15.4. The third-order valence-corrected chi connectivity index (χ3v) is 7.56. The maximum atomic E-state index is 12.5. The highest BCUT2D eigenvalue weighted by atomic mass is 32.2. The predicted molar refractivity (Wildman–Crippen MR) is 140 cm³/mol. The lowest BCUT2D eigenvalue weighted by molar-refractivity contribution is -0.149. The van der Waals surface area contributed by atoms with Crippen molar-refractivity contribution in [1.82, 2.24) is 14.7 Å². The number of nitrogens with zero attached hydrogens (tertiary/aromatic N) is 3. The lowest BCUT2D eigenvalue weighted by atomic mass is 10.1. The zero-order valence-electron chi connectivity index (χ0n) is 22.5. The van der Waals surface area contributed by atoms with Crippen LogP contribution in [0.25, 0.3) is 0 Å². The van der Waals surface area contributed by atoms with Crippen LogP contribution in [0.5, 0.6) is 0 Å². The Morgan fingerprint density at radius 1 is 1.05 bits per heavy atom. The van der Waals surface area contributed by atoms with E-state index in [2.05, 4.69) is 23.5 Å². The molecule has 208 valence electrons. The van der Waals surface area contributed by atoms with Gasteiger partial charge in [-0.05, 0) is 63.4 Å². The fourth-order valence-corrected chi connectivity index (χ4v) is 4.97. The Morgan fingerprint density at radius 2 is 1.76 bits per heavy atom. The third kappa shape index (κ3) is 10.7. The van der Waals surface area contributed by atoms with Gasteiger partial charge in [0.05, 0.1) is 4.90 Å². The van der Waals surface area contributed by atoms with Crippen LogP contribution >= 0.6 is 0 Å². The first-order valence-electron chi connectivity index (χ1n) is 12.9. The molecule has 0 radical (unpaired) electrons. The van der Waals surface area contributed by atoms with Gasteiger partial charge in [0.2, 0.25) is 12.7 Å². The molecule has 0 aromatic heterocycles. The molecule has 11 heteroatoms. The molecule has 1 heterocycles. The van der Waals surface area contributed by atoms with Crippen molar-refractivity contribution < 1.29 is 32.3 Å². The summed E-state index contributed by atoms with van der Waals surface area (Å²) < 4.78 is 33.0. The summed E-state index contributed by atoms with van der Waals surface area (Å²) in [5.74, 6) is -0.508. The SMILES string of the molecule is CCCN(CCCCN1CCN(C(=O)OCOC(C)=O)CCC1=O)C(C)Cc1ccc(S(C)(=O)=O)cc1. The Labute approximate surface area is 220 Å². The molecule has 1 aliphatic heterocycles. The lowest BCUT2D eigenvalue weighted by Crippen LogP contribution is -2.38. The minimum Gasteiger partial charge on any atom is -0.428 e. The maximum Gasteiger partial charge on any atom is 0.412 e. The van der Waals surface area contributed by atoms with Gasteiger partial charge in [-0.15, -0.1) is 0 Å². The van der Waals surface area contributed by atoms with Crippen LogP contribution in [-0.2, 0) is 35.3 Å². The van der Waals surface area contributed by atoms with Crippen molar-refractivity contribution in [3.63, 3.8) is 0 Å². The van der Waals surface area contributed by atoms with Gasteiger partial charge in [-0.1, -0.05) is 19.1 Å². The number of hydrogen-bond acceptors (Lipinski definition) is 8. The van der Waals surface area contributed by atoms with Gasteiger partial charge in [0.1, 0.15) is 0 Å². The van der Waals surface area contributed by atoms with E-state index in [0.717, 1.165) is 44.3 Å². The summed E-state index contributed by atoms with van der Waals surface area (Å²) in [4.78, 5) is 41.5. The van der Waals surface area contributed by atoms with Gasteiger partial charge in [-0.25, -0.2) is 13.2 Å². The van der Waals surface area contributed by atoms with Crippen molar-refractivity contribution in [2.24, 2.45) is 0 Å². The van der Waals surface area contributed by atoms with Crippen molar-refractivity contribution in [2.75, 3.05) is 52.3 Å². The lowest BCUT2D eigenvalue weighted by Gasteiger charge is -2.29. The van der Waals surface area contributed by atoms with Crippen molar-refractivity contribution in [1.29, 1.82) is 0 Å². The number of carbonyl (C=O) groups is 3. The molecule has 0 saturated carbocycles. The van der Waals surface area contributed by atoms with E-state index in [1.807, 2.05) is 12.1 Å². The molecule has 0 N–H and O–H groups in total. The van der Waals surface area contributed by atoms with E-state index in [9.17, 15) is 22.8 Å². The van der Waals surface area contributed by atoms with Crippen LogP contribution in [0.15, 0.2) is 29.2 Å². The number of sulfone groups is 1. The number of amides is 2. The van der Waals surface area contributed by atoms with Gasteiger partial charge < -0.3 is 24.2 Å². The van der Waals surface area contributed by atoms with Gasteiger partial charge in [-0.2, -0.15) is 0 Å². The summed E-state index contributed by atoms with van der Waals surface area (Å²) >= 11 is 0. The molecule has 1 aromatic rings. The van der Waals surface area contributed by atoms with E-state index < -0.39 is 28.7 Å². The second-order valence-electron chi connectivity index (χ2n) is 9.49. The van der Waals surface area contributed by atoms with Crippen molar-refractivity contribution in [3.8, 4) is 0 Å². The molecule has 1 saturated heterocycles. The van der Waals surface area contributed by atoms with Crippen molar-refractivity contribution in [2.45, 2.75) is 63.8 Å². The second-order valence-corrected chi connectivity index (χ2v) is 11.5. The average Bonchev–Trinajstić information content (AvgIpc) is 3.02. The quantitative estimate of drug-likeness (QED) is 0.214. The number of hydrogen-bond donors (Lipinski definition) is 0. The highest BCUT2D eigenvalue weighted by Crippen LogP contribution is 2.15. The van der Waals surface area contributed by atoms with Gasteiger partial charge in [0.15, 0.2) is 9.84 Å². The van der Waals surface area contributed by atoms with Crippen molar-refractivity contribution >= 4 is 27.8 Å². The third-order valence-electron chi connectivity index (χ3n) is 6.43. The summed E-state index contributed by atoms with van der Waals surface area (Å²) in [6.45, 7) is 8.76. The molecule has 0 spiro atoms. The fraction of sp³-hybridized carbons (Fsp3) is 0.654. The largest absolute Gasteiger partial charge is 0.428 e. The molecule has 0 aliphatic carbocycles. The number of benzene rings is 1. The van der Waals surface area contributed by atoms with Crippen LogP contribution in [0.1, 0.15) is 52.0 Å². The van der Waals surface area contributed by atoms with Crippen LogP contribution in [0.3, 0.4) is 0 Å². The Hall–Kier alpha value is -2.66. The molecule has 1 aromatic carbocycles. The highest BCUT2D eigenvalue weighted by molar-refractivity contribution is 7.90. The molecular formula is C26H41N3O7S. The van der Waals surface area contributed by atoms with Gasteiger partial charge in [0, 0.05) is 51.8 Å². The molecule has 1 aliphatic rings. The van der Waals surface area contributed by atoms with Crippen LogP contribution < -0.4 is 0 Å². The summed E-state index contributed by atoms with van der Waals surface area (Å²) in [5.41, 5.74) is 1.10. The van der Waals surface area contributed by atoms with E-state index in [0.29, 0.717) is 30.6 Å².